The fourth-order valence-electron chi connectivity index (χ4n) is 1.93. The lowest BCUT2D eigenvalue weighted by Gasteiger charge is -2.04. The maximum atomic E-state index is 11.9. The molecule has 0 N–H and O–H groups in total. The van der Waals surface area contributed by atoms with E-state index in [1.54, 1.807) is 32.4 Å². The molecular weight excluding hydrogens is 270 g/mol. The molecule has 0 saturated heterocycles. The van der Waals surface area contributed by atoms with Crippen LogP contribution >= 0.6 is 0 Å². The topological polar surface area (TPSA) is 82.3 Å². The Morgan fingerprint density at radius 1 is 1.38 bits per heavy atom. The SMILES string of the molecule is CCOC(=O)c1cn2nc(-c3cccnc3)nc2nc1C. The van der Waals surface area contributed by atoms with Crippen molar-refractivity contribution in [1.82, 2.24) is 24.6 Å². The molecule has 0 amide bonds. The number of nitrogens with zero attached hydrogens (tertiary/aromatic N) is 5. The third kappa shape index (κ3) is 2.45. The van der Waals surface area contributed by atoms with Crippen LogP contribution in [-0.4, -0.2) is 37.1 Å². The van der Waals surface area contributed by atoms with Crippen LogP contribution in [0.5, 0.6) is 0 Å². The van der Waals surface area contributed by atoms with E-state index >= 15 is 0 Å². The number of rotatable bonds is 3. The van der Waals surface area contributed by atoms with Gasteiger partial charge in [0.2, 0.25) is 0 Å². The van der Waals surface area contributed by atoms with Crippen molar-refractivity contribution in [2.45, 2.75) is 13.8 Å². The van der Waals surface area contributed by atoms with Gasteiger partial charge in [-0.3, -0.25) is 4.98 Å². The number of aromatic nitrogens is 5. The number of aryl methyl sites for hydroxylation is 1. The van der Waals surface area contributed by atoms with E-state index in [4.69, 9.17) is 4.74 Å². The molecule has 0 bridgehead atoms. The van der Waals surface area contributed by atoms with Gasteiger partial charge in [-0.1, -0.05) is 0 Å². The van der Waals surface area contributed by atoms with E-state index in [1.165, 1.54) is 4.52 Å². The van der Waals surface area contributed by atoms with Crippen LogP contribution in [0.15, 0.2) is 30.7 Å². The monoisotopic (exact) mass is 283 g/mol. The van der Waals surface area contributed by atoms with Crippen molar-refractivity contribution in [3.05, 3.63) is 42.0 Å². The van der Waals surface area contributed by atoms with E-state index in [2.05, 4.69) is 20.1 Å². The van der Waals surface area contributed by atoms with Gasteiger partial charge in [-0.15, -0.1) is 5.10 Å². The Kier molecular flexibility index (Phi) is 3.31. The maximum Gasteiger partial charge on any atom is 0.341 e. The molecule has 0 aliphatic heterocycles. The van der Waals surface area contributed by atoms with Crippen molar-refractivity contribution in [1.29, 1.82) is 0 Å². The molecule has 3 aromatic heterocycles. The highest BCUT2D eigenvalue weighted by molar-refractivity contribution is 5.90. The van der Waals surface area contributed by atoms with Crippen molar-refractivity contribution in [2.24, 2.45) is 0 Å². The van der Waals surface area contributed by atoms with Gasteiger partial charge in [0.1, 0.15) is 0 Å². The van der Waals surface area contributed by atoms with Crippen molar-refractivity contribution < 1.29 is 9.53 Å². The van der Waals surface area contributed by atoms with E-state index in [0.717, 1.165) is 5.56 Å². The summed E-state index contributed by atoms with van der Waals surface area (Å²) in [6, 6.07) is 3.67. The number of ether oxygens (including phenoxy) is 1. The van der Waals surface area contributed by atoms with E-state index in [9.17, 15) is 4.79 Å². The molecule has 0 saturated carbocycles. The second-order valence-electron chi connectivity index (χ2n) is 4.38. The summed E-state index contributed by atoms with van der Waals surface area (Å²) in [6.45, 7) is 3.81. The third-order valence-electron chi connectivity index (χ3n) is 2.94. The minimum absolute atomic E-state index is 0.314. The smallest absolute Gasteiger partial charge is 0.341 e. The van der Waals surface area contributed by atoms with Crippen molar-refractivity contribution >= 4 is 11.7 Å². The van der Waals surface area contributed by atoms with Crippen LogP contribution in [-0.2, 0) is 4.74 Å². The summed E-state index contributed by atoms with van der Waals surface area (Å²) in [7, 11) is 0. The van der Waals surface area contributed by atoms with Crippen LogP contribution in [0, 0.1) is 6.92 Å². The van der Waals surface area contributed by atoms with E-state index in [-0.39, 0.29) is 0 Å². The zero-order valence-corrected chi connectivity index (χ0v) is 11.6. The molecule has 0 spiro atoms. The average molecular weight is 283 g/mol. The summed E-state index contributed by atoms with van der Waals surface area (Å²) >= 11 is 0. The van der Waals surface area contributed by atoms with Gasteiger partial charge in [0.05, 0.1) is 17.9 Å². The van der Waals surface area contributed by atoms with Gasteiger partial charge in [-0.25, -0.2) is 14.3 Å². The fraction of sp³-hybridized carbons (Fsp3) is 0.214. The lowest BCUT2D eigenvalue weighted by Crippen LogP contribution is -2.10. The van der Waals surface area contributed by atoms with Crippen LogP contribution in [0.1, 0.15) is 23.0 Å². The largest absolute Gasteiger partial charge is 0.462 e. The minimum atomic E-state index is -0.414. The van der Waals surface area contributed by atoms with Crippen LogP contribution in [0.3, 0.4) is 0 Å². The molecule has 3 heterocycles. The fourth-order valence-corrected chi connectivity index (χ4v) is 1.93. The maximum absolute atomic E-state index is 11.9. The van der Waals surface area contributed by atoms with Gasteiger partial charge in [-0.2, -0.15) is 4.98 Å². The number of hydrogen-bond donors (Lipinski definition) is 0. The molecule has 106 valence electrons. The number of fused-ring (bicyclic) bond motifs is 1. The Hall–Kier alpha value is -2.83. The molecular formula is C14H13N5O2. The number of carbonyl (C=O) groups excluding carboxylic acids is 1. The average Bonchev–Trinajstić information content (AvgIpc) is 2.90. The zero-order valence-electron chi connectivity index (χ0n) is 11.6. The molecule has 0 aliphatic rings. The van der Waals surface area contributed by atoms with Gasteiger partial charge in [-0.05, 0) is 26.0 Å². The first kappa shape index (κ1) is 13.2. The summed E-state index contributed by atoms with van der Waals surface area (Å²) < 4.78 is 6.47. The first-order valence-corrected chi connectivity index (χ1v) is 6.50. The quantitative estimate of drug-likeness (QED) is 0.680. The summed E-state index contributed by atoms with van der Waals surface area (Å²) in [4.78, 5) is 24.5. The van der Waals surface area contributed by atoms with Crippen LogP contribution in [0.2, 0.25) is 0 Å². The van der Waals surface area contributed by atoms with Crippen LogP contribution in [0.4, 0.5) is 0 Å². The molecule has 21 heavy (non-hydrogen) atoms. The van der Waals surface area contributed by atoms with E-state index in [1.807, 2.05) is 12.1 Å². The predicted octanol–water partition coefficient (Wildman–Crippen LogP) is 1.67. The van der Waals surface area contributed by atoms with Gasteiger partial charge in [0.15, 0.2) is 5.82 Å². The Bertz CT molecular complexity index is 798. The normalized spacial score (nSPS) is 10.8. The lowest BCUT2D eigenvalue weighted by atomic mass is 10.2. The number of carbonyl (C=O) groups is 1. The third-order valence-corrected chi connectivity index (χ3v) is 2.94. The first-order valence-electron chi connectivity index (χ1n) is 6.50. The van der Waals surface area contributed by atoms with Crippen molar-refractivity contribution in [2.75, 3.05) is 6.61 Å². The summed E-state index contributed by atoms with van der Waals surface area (Å²) in [5, 5.41) is 4.32. The zero-order chi connectivity index (χ0) is 14.8. The molecule has 3 rings (SSSR count). The second-order valence-corrected chi connectivity index (χ2v) is 4.38. The molecule has 0 fully saturated rings. The Morgan fingerprint density at radius 3 is 2.95 bits per heavy atom. The summed E-state index contributed by atoms with van der Waals surface area (Å²) in [5.41, 5.74) is 1.73. The van der Waals surface area contributed by atoms with Crippen molar-refractivity contribution in [3.63, 3.8) is 0 Å². The highest BCUT2D eigenvalue weighted by Crippen LogP contribution is 2.15. The molecule has 0 aromatic carbocycles. The first-order chi connectivity index (χ1) is 10.2. The second kappa shape index (κ2) is 5.28. The standard InChI is InChI=1S/C14H13N5O2/c1-3-21-13(20)11-8-19-14(16-9(11)2)17-12(18-19)10-5-4-6-15-7-10/h4-8H,3H2,1-2H3. The molecule has 0 radical (unpaired) electrons. The molecule has 7 nitrogen and oxygen atoms in total. The molecule has 0 aliphatic carbocycles. The molecule has 0 unspecified atom stereocenters. The number of pyridine rings is 1. The molecule has 3 aromatic rings. The number of hydrogen-bond acceptors (Lipinski definition) is 6. The van der Waals surface area contributed by atoms with Gasteiger partial charge in [0, 0.05) is 24.2 Å². The highest BCUT2D eigenvalue weighted by atomic mass is 16.5. The highest BCUT2D eigenvalue weighted by Gasteiger charge is 2.15. The van der Waals surface area contributed by atoms with Crippen molar-refractivity contribution in [3.8, 4) is 11.4 Å². The predicted molar refractivity (Wildman–Crippen MR) is 74.7 cm³/mol. The molecule has 7 heteroatoms. The Balaban J connectivity index is 2.08. The molecule has 0 atom stereocenters. The van der Waals surface area contributed by atoms with Crippen LogP contribution < -0.4 is 0 Å². The van der Waals surface area contributed by atoms with E-state index in [0.29, 0.717) is 29.5 Å². The van der Waals surface area contributed by atoms with Gasteiger partial charge in [0.25, 0.3) is 5.78 Å². The lowest BCUT2D eigenvalue weighted by molar-refractivity contribution is 0.0524. The van der Waals surface area contributed by atoms with E-state index < -0.39 is 5.97 Å². The minimum Gasteiger partial charge on any atom is -0.462 e. The Labute approximate surface area is 120 Å². The number of esters is 1. The summed E-state index contributed by atoms with van der Waals surface area (Å²) in [5.74, 6) is 0.526. The van der Waals surface area contributed by atoms with Gasteiger partial charge >= 0.3 is 5.97 Å². The van der Waals surface area contributed by atoms with Crippen LogP contribution in [0.25, 0.3) is 17.2 Å². The Morgan fingerprint density at radius 2 is 2.24 bits per heavy atom. The van der Waals surface area contributed by atoms with Gasteiger partial charge < -0.3 is 4.74 Å². The summed E-state index contributed by atoms with van der Waals surface area (Å²) in [6.07, 6.45) is 4.94.